The van der Waals surface area contributed by atoms with Gasteiger partial charge in [0.1, 0.15) is 11.2 Å². The highest BCUT2D eigenvalue weighted by Gasteiger charge is 2.28. The highest BCUT2D eigenvalue weighted by Crippen LogP contribution is 2.45. The van der Waals surface area contributed by atoms with Crippen molar-refractivity contribution in [1.82, 2.24) is 0 Å². The molecule has 0 atom stereocenters. The molecule has 0 saturated heterocycles. The molecule has 0 amide bonds. The topological polar surface area (TPSA) is 50.2 Å². The van der Waals surface area contributed by atoms with Crippen LogP contribution in [0.3, 0.4) is 0 Å². The number of nitrogens with zero attached hydrogens (tertiary/aromatic N) is 3. The third-order valence-corrected chi connectivity index (χ3v) is 9.99. The lowest BCUT2D eigenvalue weighted by Gasteiger charge is -2.18. The fraction of sp³-hybridized carbons (Fsp3) is 0.0625. The molecule has 2 aliphatic rings. The van der Waals surface area contributed by atoms with Gasteiger partial charge in [-0.05, 0) is 93.6 Å². The van der Waals surface area contributed by atoms with Gasteiger partial charge in [-0.2, -0.15) is 0 Å². The van der Waals surface area contributed by atoms with Crippen LogP contribution in [0.4, 0.5) is 0 Å². The summed E-state index contributed by atoms with van der Waals surface area (Å²) in [5, 5.41) is 4.68. The number of furan rings is 1. The molecule has 7 aromatic rings. The van der Waals surface area contributed by atoms with E-state index in [1.165, 1.54) is 27.5 Å². The predicted octanol–water partition coefficient (Wildman–Crippen LogP) is 12.2. The first-order chi connectivity index (χ1) is 25.7. The fourth-order valence-corrected chi connectivity index (χ4v) is 7.62. The Bertz CT molecular complexity index is 2730. The van der Waals surface area contributed by atoms with Crippen LogP contribution >= 0.6 is 0 Å². The summed E-state index contributed by atoms with van der Waals surface area (Å²) in [5.74, 6) is 1.18. The van der Waals surface area contributed by atoms with Crippen molar-refractivity contribution in [2.24, 2.45) is 15.0 Å². The van der Waals surface area contributed by atoms with Crippen LogP contribution in [0, 0.1) is 0 Å². The number of fused-ring (bicyclic) bond motifs is 9. The van der Waals surface area contributed by atoms with E-state index in [1.807, 2.05) is 37.3 Å². The predicted molar refractivity (Wildman–Crippen MR) is 220 cm³/mol. The molecular formula is C48H35N3O. The molecule has 1 aromatic heterocycles. The second-order valence-electron chi connectivity index (χ2n) is 13.0. The number of hydrogen-bond donors (Lipinski definition) is 0. The molecule has 4 heteroatoms. The zero-order chi connectivity index (χ0) is 35.0. The Morgan fingerprint density at radius 1 is 0.635 bits per heavy atom. The molecule has 6 aromatic carbocycles. The molecule has 2 bridgehead atoms. The summed E-state index contributed by atoms with van der Waals surface area (Å²) in [6, 6.07) is 46.7. The standard InChI is InChI=1S/C48H35N3O/c1-3-50-48(51-47(49-2)34-14-5-4-6-15-34)46-40-20-12-11-18-38(40)36-16-7-8-17-37(29-36)44(46)33-23-21-31(22-24-33)35-26-27-42-41(30-35)45-39-19-10-9-13-32(39)25-28-43(45)52-42/h4-28,30H,2-3,29H2,1H3/b50-48-,51-47-. The zero-order valence-electron chi connectivity index (χ0n) is 28.9. The van der Waals surface area contributed by atoms with Crippen LogP contribution in [0.5, 0.6) is 0 Å². The lowest BCUT2D eigenvalue weighted by Crippen LogP contribution is -2.09. The Morgan fingerprint density at radius 2 is 1.33 bits per heavy atom. The lowest BCUT2D eigenvalue weighted by molar-refractivity contribution is 0.669. The van der Waals surface area contributed by atoms with Crippen molar-refractivity contribution in [3.63, 3.8) is 0 Å². The van der Waals surface area contributed by atoms with Gasteiger partial charge < -0.3 is 4.42 Å². The molecule has 1 heterocycles. The van der Waals surface area contributed by atoms with E-state index in [-0.39, 0.29) is 0 Å². The first-order valence-corrected chi connectivity index (χ1v) is 17.7. The van der Waals surface area contributed by atoms with E-state index in [2.05, 4.69) is 139 Å². The number of allylic oxidation sites excluding steroid dienone is 7. The first kappa shape index (κ1) is 31.3. The molecular weight excluding hydrogens is 635 g/mol. The number of amidine groups is 2. The largest absolute Gasteiger partial charge is 0.456 e. The van der Waals surface area contributed by atoms with Crippen molar-refractivity contribution in [3.8, 4) is 11.1 Å². The van der Waals surface area contributed by atoms with Crippen LogP contribution < -0.4 is 0 Å². The maximum Gasteiger partial charge on any atom is 0.161 e. The van der Waals surface area contributed by atoms with E-state index in [4.69, 9.17) is 14.4 Å². The summed E-state index contributed by atoms with van der Waals surface area (Å²) in [5.41, 5.74) is 12.9. The summed E-state index contributed by atoms with van der Waals surface area (Å²) in [7, 11) is 0. The van der Waals surface area contributed by atoms with Gasteiger partial charge in [0.15, 0.2) is 11.7 Å². The minimum Gasteiger partial charge on any atom is -0.456 e. The quantitative estimate of drug-likeness (QED) is 0.133. The van der Waals surface area contributed by atoms with Gasteiger partial charge in [-0.15, -0.1) is 0 Å². The Morgan fingerprint density at radius 3 is 2.13 bits per heavy atom. The van der Waals surface area contributed by atoms with E-state index < -0.39 is 0 Å². The minimum absolute atomic E-state index is 0.542. The van der Waals surface area contributed by atoms with Gasteiger partial charge in [0, 0.05) is 28.5 Å². The number of benzene rings is 6. The molecule has 0 radical (unpaired) electrons. The highest BCUT2D eigenvalue weighted by atomic mass is 16.3. The van der Waals surface area contributed by atoms with Crippen LogP contribution in [0.1, 0.15) is 35.6 Å². The van der Waals surface area contributed by atoms with Crippen LogP contribution in [-0.4, -0.2) is 24.9 Å². The number of rotatable bonds is 5. The van der Waals surface area contributed by atoms with Gasteiger partial charge in [0.05, 0.1) is 0 Å². The lowest BCUT2D eigenvalue weighted by atomic mass is 9.88. The van der Waals surface area contributed by atoms with Gasteiger partial charge in [0.25, 0.3) is 0 Å². The molecule has 4 nitrogen and oxygen atoms in total. The summed E-state index contributed by atoms with van der Waals surface area (Å²) >= 11 is 0. The van der Waals surface area contributed by atoms with Crippen molar-refractivity contribution in [2.75, 3.05) is 6.54 Å². The third kappa shape index (κ3) is 5.46. The first-order valence-electron chi connectivity index (χ1n) is 17.7. The van der Waals surface area contributed by atoms with E-state index in [1.54, 1.807) is 0 Å². The molecule has 0 fully saturated rings. The maximum absolute atomic E-state index is 6.30. The monoisotopic (exact) mass is 669 g/mol. The molecule has 0 unspecified atom stereocenters. The van der Waals surface area contributed by atoms with E-state index >= 15 is 0 Å². The van der Waals surface area contributed by atoms with Gasteiger partial charge in [-0.1, -0.05) is 140 Å². The average Bonchev–Trinajstić information content (AvgIpc) is 3.32. The summed E-state index contributed by atoms with van der Waals surface area (Å²) < 4.78 is 6.30. The summed E-state index contributed by atoms with van der Waals surface area (Å²) in [4.78, 5) is 14.6. The summed E-state index contributed by atoms with van der Waals surface area (Å²) in [6.07, 6.45) is 9.52. The normalized spacial score (nSPS) is 14.6. The van der Waals surface area contributed by atoms with Crippen LogP contribution in [0.15, 0.2) is 183 Å². The van der Waals surface area contributed by atoms with Gasteiger partial charge in [-0.25, -0.2) is 9.98 Å². The minimum atomic E-state index is 0.542. The van der Waals surface area contributed by atoms with Crippen molar-refractivity contribution in [2.45, 2.75) is 13.3 Å². The SMILES string of the molecule is C=N/C(=N\C(=N/CC)C1=C(c2ccc(-c3ccc4oc5ccc6ccccc6c5c4c3)cc2)C2=CC=CC=C(C2)c2ccccc21)c1ccccc1. The highest BCUT2D eigenvalue weighted by molar-refractivity contribution is 6.35. The number of hydrogen-bond acceptors (Lipinski definition) is 2. The smallest absolute Gasteiger partial charge is 0.161 e. The van der Waals surface area contributed by atoms with Crippen molar-refractivity contribution in [3.05, 3.63) is 186 Å². The Kier molecular flexibility index (Phi) is 7.98. The fourth-order valence-electron chi connectivity index (χ4n) is 7.62. The molecule has 0 saturated carbocycles. The average molecular weight is 670 g/mol. The molecule has 0 spiro atoms. The molecule has 2 aliphatic carbocycles. The molecule has 0 aliphatic heterocycles. The Balaban J connectivity index is 1.24. The van der Waals surface area contributed by atoms with E-state index in [9.17, 15) is 0 Å². The molecule has 52 heavy (non-hydrogen) atoms. The van der Waals surface area contributed by atoms with Crippen LogP contribution in [0.25, 0.3) is 60.6 Å². The van der Waals surface area contributed by atoms with Crippen LogP contribution in [0.2, 0.25) is 0 Å². The van der Waals surface area contributed by atoms with Crippen LogP contribution in [-0.2, 0) is 0 Å². The Hall–Kier alpha value is -6.65. The van der Waals surface area contributed by atoms with Crippen molar-refractivity contribution in [1.29, 1.82) is 0 Å². The van der Waals surface area contributed by atoms with E-state index in [0.29, 0.717) is 18.2 Å². The molecule has 248 valence electrons. The summed E-state index contributed by atoms with van der Waals surface area (Å²) in [6.45, 7) is 6.52. The maximum atomic E-state index is 6.30. The molecule has 0 N–H and O–H groups in total. The van der Waals surface area contributed by atoms with Gasteiger partial charge in [0.2, 0.25) is 0 Å². The Labute approximate surface area is 302 Å². The second kappa shape index (κ2) is 13.2. The number of aliphatic imine (C=N–C) groups is 3. The van der Waals surface area contributed by atoms with Crippen molar-refractivity contribution < 1.29 is 4.42 Å². The zero-order valence-corrected chi connectivity index (χ0v) is 28.9. The van der Waals surface area contributed by atoms with Gasteiger partial charge >= 0.3 is 0 Å². The van der Waals surface area contributed by atoms with Gasteiger partial charge in [-0.3, -0.25) is 4.99 Å². The third-order valence-electron chi connectivity index (χ3n) is 9.99. The second-order valence-corrected chi connectivity index (χ2v) is 13.0. The molecule has 9 rings (SSSR count). The van der Waals surface area contributed by atoms with E-state index in [0.717, 1.165) is 67.3 Å². The van der Waals surface area contributed by atoms with Crippen molar-refractivity contribution >= 4 is 67.8 Å².